The minimum Gasteiger partial charge on any atom is -0.403 e. The summed E-state index contributed by atoms with van der Waals surface area (Å²) in [5.74, 6) is -2.20. The molecular formula is C21H24N4O3. The van der Waals surface area contributed by atoms with E-state index in [9.17, 15) is 14.4 Å². The Morgan fingerprint density at radius 2 is 1.46 bits per heavy atom. The summed E-state index contributed by atoms with van der Waals surface area (Å²) in [5, 5.41) is 2.28. The number of hydrogen-bond donors (Lipinski definition) is 4. The summed E-state index contributed by atoms with van der Waals surface area (Å²) >= 11 is 0. The van der Waals surface area contributed by atoms with Crippen LogP contribution in [0.2, 0.25) is 0 Å². The minimum atomic E-state index is -1.88. The third kappa shape index (κ3) is 5.28. The Bertz CT molecular complexity index is 866. The summed E-state index contributed by atoms with van der Waals surface area (Å²) in [5.41, 5.74) is 16.3. The van der Waals surface area contributed by atoms with E-state index in [1.165, 1.54) is 0 Å². The first kappa shape index (κ1) is 20.9. The number of primary amides is 1. The fourth-order valence-electron chi connectivity index (χ4n) is 2.77. The van der Waals surface area contributed by atoms with Crippen molar-refractivity contribution in [3.63, 3.8) is 0 Å². The van der Waals surface area contributed by atoms with Gasteiger partial charge in [0.25, 0.3) is 11.8 Å². The van der Waals surface area contributed by atoms with Gasteiger partial charge in [-0.3, -0.25) is 14.4 Å². The highest BCUT2D eigenvalue weighted by Crippen LogP contribution is 2.17. The Morgan fingerprint density at radius 3 is 1.96 bits per heavy atom. The first-order chi connectivity index (χ1) is 13.4. The van der Waals surface area contributed by atoms with Gasteiger partial charge in [0.15, 0.2) is 11.3 Å². The lowest BCUT2D eigenvalue weighted by Gasteiger charge is -2.27. The number of amides is 2. The van der Waals surface area contributed by atoms with Gasteiger partial charge in [0.05, 0.1) is 0 Å². The van der Waals surface area contributed by atoms with Crippen LogP contribution in [0.5, 0.6) is 0 Å². The molecule has 28 heavy (non-hydrogen) atoms. The average molecular weight is 380 g/mol. The second-order valence-electron chi connectivity index (χ2n) is 6.44. The molecule has 1 atom stereocenters. The molecule has 2 aromatic carbocycles. The molecule has 2 rings (SSSR count). The largest absolute Gasteiger partial charge is 0.403 e. The zero-order valence-corrected chi connectivity index (χ0v) is 15.4. The van der Waals surface area contributed by atoms with Gasteiger partial charge in [0.1, 0.15) is 5.70 Å². The molecule has 0 aliphatic carbocycles. The van der Waals surface area contributed by atoms with Crippen molar-refractivity contribution in [1.82, 2.24) is 5.32 Å². The molecule has 2 aromatic rings. The Kier molecular flexibility index (Phi) is 7.06. The number of ketones is 1. The predicted molar refractivity (Wildman–Crippen MR) is 106 cm³/mol. The van der Waals surface area contributed by atoms with Gasteiger partial charge in [-0.15, -0.1) is 0 Å². The first-order valence-corrected chi connectivity index (χ1v) is 8.80. The molecule has 0 saturated carbocycles. The van der Waals surface area contributed by atoms with E-state index in [1.807, 2.05) is 36.4 Å². The standard InChI is InChI=1S/C21H24N4O3/c22-14-17(19(23)27)25-20(28)21(24,13-16-9-5-2-6-10-16)18(26)12-11-15-7-3-1-4-8-15/h1-10,14H,11-13,22,24H2,(H2,23,27)(H,25,28)/t21-/m0/s1. The number of hydrogen-bond acceptors (Lipinski definition) is 5. The Balaban J connectivity index is 2.25. The molecule has 0 aliphatic heterocycles. The summed E-state index contributed by atoms with van der Waals surface area (Å²) in [6, 6.07) is 18.4. The second-order valence-corrected chi connectivity index (χ2v) is 6.44. The fourth-order valence-corrected chi connectivity index (χ4v) is 2.77. The van der Waals surface area contributed by atoms with Gasteiger partial charge in [-0.05, 0) is 17.5 Å². The van der Waals surface area contributed by atoms with Gasteiger partial charge in [-0.25, -0.2) is 0 Å². The molecule has 0 fully saturated rings. The number of carbonyl (C=O) groups is 3. The smallest absolute Gasteiger partial charge is 0.266 e. The molecule has 146 valence electrons. The number of nitrogens with one attached hydrogen (secondary N) is 1. The highest BCUT2D eigenvalue weighted by atomic mass is 16.2. The van der Waals surface area contributed by atoms with E-state index in [4.69, 9.17) is 17.2 Å². The number of rotatable bonds is 9. The van der Waals surface area contributed by atoms with Crippen LogP contribution in [-0.2, 0) is 27.2 Å². The molecular weight excluding hydrogens is 356 g/mol. The van der Waals surface area contributed by atoms with E-state index in [-0.39, 0.29) is 18.5 Å². The van der Waals surface area contributed by atoms with Crippen LogP contribution in [0.1, 0.15) is 17.5 Å². The molecule has 7 N–H and O–H groups in total. The van der Waals surface area contributed by atoms with Gasteiger partial charge in [0.2, 0.25) is 0 Å². The Morgan fingerprint density at radius 1 is 0.929 bits per heavy atom. The quantitative estimate of drug-likeness (QED) is 0.371. The van der Waals surface area contributed by atoms with E-state index in [1.54, 1.807) is 24.3 Å². The van der Waals surface area contributed by atoms with Crippen molar-refractivity contribution in [2.24, 2.45) is 17.2 Å². The number of aryl methyl sites for hydroxylation is 1. The molecule has 0 heterocycles. The average Bonchev–Trinajstić information content (AvgIpc) is 2.71. The first-order valence-electron chi connectivity index (χ1n) is 8.80. The number of Topliss-reactive ketones (excluding diaryl/α,β-unsaturated/α-hetero) is 1. The molecule has 0 spiro atoms. The SMILES string of the molecule is NC=C(NC(=O)[C@](N)(Cc1ccccc1)C(=O)CCc1ccccc1)C(N)=O. The summed E-state index contributed by atoms with van der Waals surface area (Å²) in [6.45, 7) is 0. The van der Waals surface area contributed by atoms with Crippen LogP contribution >= 0.6 is 0 Å². The normalized spacial score (nSPS) is 13.4. The van der Waals surface area contributed by atoms with Crippen LogP contribution in [0.3, 0.4) is 0 Å². The van der Waals surface area contributed by atoms with Crippen LogP contribution in [0.15, 0.2) is 72.6 Å². The number of benzene rings is 2. The molecule has 0 aliphatic rings. The van der Waals surface area contributed by atoms with Crippen molar-refractivity contribution in [3.8, 4) is 0 Å². The summed E-state index contributed by atoms with van der Waals surface area (Å²) in [4.78, 5) is 37.2. The van der Waals surface area contributed by atoms with E-state index in [0.29, 0.717) is 12.0 Å². The van der Waals surface area contributed by atoms with E-state index >= 15 is 0 Å². The van der Waals surface area contributed by atoms with E-state index in [2.05, 4.69) is 5.32 Å². The van der Waals surface area contributed by atoms with Gasteiger partial charge in [-0.2, -0.15) is 0 Å². The molecule has 0 unspecified atom stereocenters. The highest BCUT2D eigenvalue weighted by Gasteiger charge is 2.41. The van der Waals surface area contributed by atoms with Crippen molar-refractivity contribution in [2.45, 2.75) is 24.8 Å². The maximum atomic E-state index is 13.0. The molecule has 2 amide bonds. The van der Waals surface area contributed by atoms with Gasteiger partial charge in [-0.1, -0.05) is 60.7 Å². The maximum absolute atomic E-state index is 13.0. The molecule has 0 bridgehead atoms. The number of nitrogens with two attached hydrogens (primary N) is 3. The maximum Gasteiger partial charge on any atom is 0.266 e. The third-order valence-corrected chi connectivity index (χ3v) is 4.39. The second kappa shape index (κ2) is 9.48. The zero-order chi connectivity index (χ0) is 20.6. The van der Waals surface area contributed by atoms with Crippen molar-refractivity contribution >= 4 is 17.6 Å². The molecule has 0 radical (unpaired) electrons. The van der Waals surface area contributed by atoms with Gasteiger partial charge in [0, 0.05) is 19.0 Å². The lowest BCUT2D eigenvalue weighted by atomic mass is 9.84. The Labute approximate surface area is 163 Å². The number of carbonyl (C=O) groups excluding carboxylic acids is 3. The van der Waals surface area contributed by atoms with Gasteiger partial charge < -0.3 is 22.5 Å². The van der Waals surface area contributed by atoms with E-state index in [0.717, 1.165) is 11.8 Å². The zero-order valence-electron chi connectivity index (χ0n) is 15.4. The van der Waals surface area contributed by atoms with Crippen LogP contribution in [-0.4, -0.2) is 23.1 Å². The molecule has 0 saturated heterocycles. The van der Waals surface area contributed by atoms with Crippen molar-refractivity contribution in [3.05, 3.63) is 83.7 Å². The predicted octanol–water partition coefficient (Wildman–Crippen LogP) is 0.530. The third-order valence-electron chi connectivity index (χ3n) is 4.39. The van der Waals surface area contributed by atoms with E-state index < -0.39 is 23.1 Å². The van der Waals surface area contributed by atoms with Crippen molar-refractivity contribution in [1.29, 1.82) is 0 Å². The fraction of sp³-hybridized carbons (Fsp3) is 0.190. The highest BCUT2D eigenvalue weighted by molar-refractivity contribution is 6.12. The summed E-state index contributed by atoms with van der Waals surface area (Å²) < 4.78 is 0. The van der Waals surface area contributed by atoms with Crippen LogP contribution < -0.4 is 22.5 Å². The monoisotopic (exact) mass is 380 g/mol. The minimum absolute atomic E-state index is 0.0239. The summed E-state index contributed by atoms with van der Waals surface area (Å²) in [6.07, 6.45) is 1.36. The van der Waals surface area contributed by atoms with Crippen LogP contribution in [0.25, 0.3) is 0 Å². The van der Waals surface area contributed by atoms with Crippen molar-refractivity contribution in [2.75, 3.05) is 0 Å². The van der Waals surface area contributed by atoms with Crippen LogP contribution in [0.4, 0.5) is 0 Å². The van der Waals surface area contributed by atoms with Crippen molar-refractivity contribution < 1.29 is 14.4 Å². The Hall–Kier alpha value is -3.45. The summed E-state index contributed by atoms with van der Waals surface area (Å²) in [7, 11) is 0. The molecule has 7 heteroatoms. The topological polar surface area (TPSA) is 141 Å². The lowest BCUT2D eigenvalue weighted by molar-refractivity contribution is -0.136. The molecule has 7 nitrogen and oxygen atoms in total. The molecule has 0 aromatic heterocycles. The van der Waals surface area contributed by atoms with Gasteiger partial charge >= 0.3 is 0 Å². The lowest BCUT2D eigenvalue weighted by Crippen LogP contribution is -2.61. The van der Waals surface area contributed by atoms with Crippen LogP contribution in [0, 0.1) is 0 Å².